The number of halogens is 2. The zero-order valence-electron chi connectivity index (χ0n) is 33.4. The summed E-state index contributed by atoms with van der Waals surface area (Å²) < 4.78 is 34.4. The lowest BCUT2D eigenvalue weighted by atomic mass is 9.91. The molecule has 4 saturated heterocycles. The summed E-state index contributed by atoms with van der Waals surface area (Å²) in [5.74, 6) is -6.35. The molecule has 1 aromatic carbocycles. The molecule has 4 fully saturated rings. The fourth-order valence-corrected chi connectivity index (χ4v) is 8.31. The fraction of sp³-hybridized carbons (Fsp3) is 0.634. The molecule has 3 N–H and O–H groups in total. The third kappa shape index (κ3) is 10.5. The maximum Gasteiger partial charge on any atom is 0.329 e. The van der Waals surface area contributed by atoms with Gasteiger partial charge in [-0.05, 0) is 88.0 Å². The number of unbranched alkanes of at least 4 members (excludes halogenated alkanes) is 2. The van der Waals surface area contributed by atoms with Crippen LogP contribution in [0.25, 0.3) is 0 Å². The van der Waals surface area contributed by atoms with Gasteiger partial charge in [-0.15, -0.1) is 0 Å². The van der Waals surface area contributed by atoms with Crippen LogP contribution in [0, 0.1) is 23.5 Å². The highest BCUT2D eigenvalue weighted by atomic mass is 19.1. The van der Waals surface area contributed by atoms with Crippen molar-refractivity contribution in [2.45, 2.75) is 135 Å². The Balaban J connectivity index is 1.51. The Labute approximate surface area is 332 Å². The standard InChI is InChI=1S/C41H56F2N6O8/c1-6-7-8-9-12-34(50)45-30(20-27-18-28(42)21-29(43)19-27)36(51)46-35-26(5)57-41(56)33-17-24(3)22-49(33)38(53)25(4)44-37(52)32-16-23(2)13-15-48(32)39(54)31-11-10-14-47(31)40(35)55/h9,12,18-19,21,23-26,30-33,35H,6-8,10-11,13-17,20,22H2,1-5H3,(H,44,52)(H,45,50)(H,46,51)/b12-9+/t23-,24+,25-,26-,30-,31-,32-,33-,35-/m0/s1. The van der Waals surface area contributed by atoms with E-state index in [1.165, 1.54) is 34.6 Å². The van der Waals surface area contributed by atoms with E-state index in [0.717, 1.165) is 25.0 Å². The summed E-state index contributed by atoms with van der Waals surface area (Å²) >= 11 is 0. The first kappa shape index (κ1) is 43.2. The largest absolute Gasteiger partial charge is 0.458 e. The molecule has 0 aliphatic carbocycles. The van der Waals surface area contributed by atoms with Gasteiger partial charge >= 0.3 is 5.97 Å². The van der Waals surface area contributed by atoms with Crippen molar-refractivity contribution in [3.05, 3.63) is 47.5 Å². The minimum Gasteiger partial charge on any atom is -0.458 e. The number of benzene rings is 1. The quantitative estimate of drug-likeness (QED) is 0.194. The van der Waals surface area contributed by atoms with E-state index in [1.807, 2.05) is 20.8 Å². The molecular formula is C41H56F2N6O8. The Hall–Kier alpha value is -4.89. The smallest absolute Gasteiger partial charge is 0.329 e. The highest BCUT2D eigenvalue weighted by Crippen LogP contribution is 2.30. The van der Waals surface area contributed by atoms with Gasteiger partial charge in [0.15, 0.2) is 0 Å². The van der Waals surface area contributed by atoms with Crippen LogP contribution in [-0.4, -0.2) is 118 Å². The Kier molecular flexibility index (Phi) is 14.4. The highest BCUT2D eigenvalue weighted by molar-refractivity contribution is 5.98. The van der Waals surface area contributed by atoms with Gasteiger partial charge in [0.05, 0.1) is 0 Å². The van der Waals surface area contributed by atoms with Crippen LogP contribution in [-0.2, 0) is 44.7 Å². The molecule has 4 heterocycles. The van der Waals surface area contributed by atoms with E-state index >= 15 is 0 Å². The summed E-state index contributed by atoms with van der Waals surface area (Å²) in [6, 6.07) is -4.27. The molecule has 0 aromatic heterocycles. The second-order valence-corrected chi connectivity index (χ2v) is 16.2. The third-order valence-electron chi connectivity index (χ3n) is 11.4. The van der Waals surface area contributed by atoms with E-state index in [2.05, 4.69) is 16.0 Å². The fourth-order valence-electron chi connectivity index (χ4n) is 8.31. The van der Waals surface area contributed by atoms with Gasteiger partial charge in [-0.25, -0.2) is 13.6 Å². The van der Waals surface area contributed by atoms with Gasteiger partial charge in [0.2, 0.25) is 35.4 Å². The lowest BCUT2D eigenvalue weighted by Crippen LogP contribution is -2.63. The van der Waals surface area contributed by atoms with E-state index in [4.69, 9.17) is 4.74 Å². The lowest BCUT2D eigenvalue weighted by Gasteiger charge is -2.41. The van der Waals surface area contributed by atoms with Gasteiger partial charge in [0.25, 0.3) is 0 Å². The summed E-state index contributed by atoms with van der Waals surface area (Å²) in [6.07, 6.45) is 5.46. The number of hydrogen-bond acceptors (Lipinski definition) is 8. The van der Waals surface area contributed by atoms with Crippen LogP contribution < -0.4 is 16.0 Å². The number of nitrogens with one attached hydrogen (secondary N) is 3. The molecule has 9 atom stereocenters. The number of nitrogens with zero attached hydrogens (tertiary/aromatic N) is 3. The number of carbonyl (C=O) groups is 7. The molecule has 1 aromatic rings. The molecule has 0 spiro atoms. The van der Waals surface area contributed by atoms with Crippen LogP contribution in [0.2, 0.25) is 0 Å². The van der Waals surface area contributed by atoms with Gasteiger partial charge in [-0.2, -0.15) is 0 Å². The first-order valence-electron chi connectivity index (χ1n) is 20.2. The van der Waals surface area contributed by atoms with Crippen molar-refractivity contribution in [1.82, 2.24) is 30.7 Å². The number of allylic oxidation sites excluding steroid dienone is 1. The molecular weight excluding hydrogens is 742 g/mol. The highest BCUT2D eigenvalue weighted by Gasteiger charge is 2.48. The van der Waals surface area contributed by atoms with Crippen LogP contribution in [0.15, 0.2) is 30.4 Å². The predicted octanol–water partition coefficient (Wildman–Crippen LogP) is 2.53. The predicted molar refractivity (Wildman–Crippen MR) is 204 cm³/mol. The van der Waals surface area contributed by atoms with Crippen molar-refractivity contribution in [2.24, 2.45) is 11.8 Å². The molecule has 16 heteroatoms. The molecule has 5 rings (SSSR count). The minimum atomic E-state index is -1.59. The van der Waals surface area contributed by atoms with Gasteiger partial charge in [-0.3, -0.25) is 28.8 Å². The monoisotopic (exact) mass is 798 g/mol. The number of carbonyl (C=O) groups excluding carboxylic acids is 7. The molecule has 4 aliphatic rings. The molecule has 312 valence electrons. The van der Waals surface area contributed by atoms with Crippen LogP contribution in [0.3, 0.4) is 0 Å². The lowest BCUT2D eigenvalue weighted by molar-refractivity contribution is -0.163. The van der Waals surface area contributed by atoms with Gasteiger partial charge in [0.1, 0.15) is 54.0 Å². The number of esters is 1. The topological polar surface area (TPSA) is 175 Å². The average molecular weight is 799 g/mol. The molecule has 4 aliphatic heterocycles. The van der Waals surface area contributed by atoms with Crippen molar-refractivity contribution < 1.29 is 47.1 Å². The van der Waals surface area contributed by atoms with E-state index in [1.54, 1.807) is 6.08 Å². The molecule has 57 heavy (non-hydrogen) atoms. The number of hydrogen-bond donors (Lipinski definition) is 3. The zero-order valence-corrected chi connectivity index (χ0v) is 33.4. The summed E-state index contributed by atoms with van der Waals surface area (Å²) in [5.41, 5.74) is 0.0562. The molecule has 0 radical (unpaired) electrons. The molecule has 0 bridgehead atoms. The van der Waals surface area contributed by atoms with Crippen molar-refractivity contribution in [1.29, 1.82) is 0 Å². The molecule has 0 saturated carbocycles. The normalized spacial score (nSPS) is 29.4. The number of piperidine rings is 1. The number of rotatable bonds is 9. The molecule has 6 amide bonds. The first-order chi connectivity index (χ1) is 27.1. The summed E-state index contributed by atoms with van der Waals surface area (Å²) in [4.78, 5) is 102. The van der Waals surface area contributed by atoms with Crippen molar-refractivity contribution in [3.8, 4) is 0 Å². The summed E-state index contributed by atoms with van der Waals surface area (Å²) in [6.45, 7) is 9.39. The average Bonchev–Trinajstić information content (AvgIpc) is 3.81. The maximum atomic E-state index is 14.7. The van der Waals surface area contributed by atoms with Crippen molar-refractivity contribution in [2.75, 3.05) is 19.6 Å². The van der Waals surface area contributed by atoms with E-state index in [9.17, 15) is 42.3 Å². The van der Waals surface area contributed by atoms with Gasteiger partial charge in [0, 0.05) is 32.1 Å². The Morgan fingerprint density at radius 2 is 1.56 bits per heavy atom. The number of ether oxygens (including phenoxy) is 1. The maximum absolute atomic E-state index is 14.7. The Morgan fingerprint density at radius 1 is 0.877 bits per heavy atom. The second kappa shape index (κ2) is 19.0. The Morgan fingerprint density at radius 3 is 2.26 bits per heavy atom. The Bertz CT molecular complexity index is 1720. The molecule has 14 nitrogen and oxygen atoms in total. The van der Waals surface area contributed by atoms with Crippen molar-refractivity contribution in [3.63, 3.8) is 0 Å². The summed E-state index contributed by atoms with van der Waals surface area (Å²) in [7, 11) is 0. The number of cyclic esters (lactones) is 1. The van der Waals surface area contributed by atoms with Crippen LogP contribution in [0.5, 0.6) is 0 Å². The summed E-state index contributed by atoms with van der Waals surface area (Å²) in [5, 5.41) is 8.02. The van der Waals surface area contributed by atoms with Gasteiger partial charge in [-0.1, -0.05) is 39.7 Å². The SMILES string of the molecule is CCCC/C=C/C(=O)N[C@@H](Cc1cc(F)cc(F)c1)C(=O)N[C@@H]1C(=O)N2CCC[C@H]2C(=O)N2CC[C@H](C)C[C@H]2C(=O)N[C@@H](C)C(=O)N2C[C@H](C)C[C@H]2C(=O)O[C@H]1C. The minimum absolute atomic E-state index is 0.0562. The second-order valence-electron chi connectivity index (χ2n) is 16.2. The van der Waals surface area contributed by atoms with E-state index < -0.39 is 95.4 Å². The van der Waals surface area contributed by atoms with Crippen LogP contribution >= 0.6 is 0 Å². The van der Waals surface area contributed by atoms with Gasteiger partial charge < -0.3 is 35.4 Å². The van der Waals surface area contributed by atoms with E-state index in [-0.39, 0.29) is 56.3 Å². The van der Waals surface area contributed by atoms with Crippen LogP contribution in [0.1, 0.15) is 91.5 Å². The third-order valence-corrected chi connectivity index (χ3v) is 11.4. The van der Waals surface area contributed by atoms with Crippen LogP contribution in [0.4, 0.5) is 8.78 Å². The van der Waals surface area contributed by atoms with Crippen molar-refractivity contribution >= 4 is 41.4 Å². The first-order valence-corrected chi connectivity index (χ1v) is 20.2. The zero-order chi connectivity index (χ0) is 41.6. The number of amides is 6. The number of fused-ring (bicyclic) bond motifs is 3. The molecule has 0 unspecified atom stereocenters. The van der Waals surface area contributed by atoms with E-state index in [0.29, 0.717) is 31.7 Å².